The zero-order valence-electron chi connectivity index (χ0n) is 12.1. The zero-order valence-corrected chi connectivity index (χ0v) is 14.5. The van der Waals surface area contributed by atoms with Crippen LogP contribution >= 0.6 is 27.7 Å². The molecule has 0 aliphatic rings. The Morgan fingerprint density at radius 3 is 2.50 bits per heavy atom. The number of hydrogen-bond acceptors (Lipinski definition) is 2. The van der Waals surface area contributed by atoms with Crippen molar-refractivity contribution < 1.29 is 0 Å². The Bertz CT molecular complexity index is 575. The van der Waals surface area contributed by atoms with Crippen molar-refractivity contribution >= 4 is 27.7 Å². The van der Waals surface area contributed by atoms with E-state index in [4.69, 9.17) is 0 Å². The summed E-state index contributed by atoms with van der Waals surface area (Å²) in [4.78, 5) is 2.56. The predicted molar refractivity (Wildman–Crippen MR) is 91.3 cm³/mol. The van der Waals surface area contributed by atoms with Gasteiger partial charge in [-0.1, -0.05) is 52.0 Å². The highest BCUT2D eigenvalue weighted by Gasteiger charge is 2.10. The van der Waals surface area contributed by atoms with Crippen LogP contribution < -0.4 is 5.32 Å². The summed E-state index contributed by atoms with van der Waals surface area (Å²) >= 11 is 5.33. The van der Waals surface area contributed by atoms with Crippen LogP contribution in [0.5, 0.6) is 0 Å². The molecule has 106 valence electrons. The largest absolute Gasteiger partial charge is 0.308 e. The highest BCUT2D eigenvalue weighted by atomic mass is 79.9. The van der Waals surface area contributed by atoms with E-state index in [1.54, 1.807) is 0 Å². The van der Waals surface area contributed by atoms with E-state index in [9.17, 15) is 0 Å². The molecule has 0 saturated carbocycles. The molecule has 0 fully saturated rings. The molecule has 0 unspecified atom stereocenters. The molecule has 0 bridgehead atoms. The summed E-state index contributed by atoms with van der Waals surface area (Å²) in [6, 6.07) is 17.0. The van der Waals surface area contributed by atoms with Crippen molar-refractivity contribution in [3.8, 4) is 0 Å². The predicted octanol–water partition coefficient (Wildman–Crippen LogP) is 5.49. The summed E-state index contributed by atoms with van der Waals surface area (Å²) in [5.41, 5.74) is 1.47. The van der Waals surface area contributed by atoms with Gasteiger partial charge in [-0.05, 0) is 50.6 Å². The van der Waals surface area contributed by atoms with Gasteiger partial charge >= 0.3 is 0 Å². The first-order valence-electron chi connectivity index (χ1n) is 6.70. The fourth-order valence-corrected chi connectivity index (χ4v) is 3.32. The summed E-state index contributed by atoms with van der Waals surface area (Å²) in [6.45, 7) is 7.46. The maximum Gasteiger partial charge on any atom is 0.0221 e. The zero-order chi connectivity index (χ0) is 14.6. The third-order valence-corrected chi connectivity index (χ3v) is 4.41. The Balaban J connectivity index is 2.15. The van der Waals surface area contributed by atoms with E-state index in [2.05, 4.69) is 90.5 Å². The molecule has 2 aromatic rings. The van der Waals surface area contributed by atoms with Gasteiger partial charge in [0, 0.05) is 26.3 Å². The highest BCUT2D eigenvalue weighted by molar-refractivity contribution is 9.10. The van der Waals surface area contributed by atoms with Gasteiger partial charge in [0.15, 0.2) is 0 Å². The molecule has 0 aliphatic heterocycles. The lowest BCUT2D eigenvalue weighted by atomic mass is 10.1. The fraction of sp³-hybridized carbons (Fsp3) is 0.294. The standard InChI is InChI=1S/C17H20BrNS/c1-17(2,3)19-12-13-7-4-5-10-16(13)20-15-9-6-8-14(18)11-15/h4-11,19H,12H2,1-3H3. The molecule has 0 saturated heterocycles. The summed E-state index contributed by atoms with van der Waals surface area (Å²) < 4.78 is 1.12. The van der Waals surface area contributed by atoms with E-state index in [1.165, 1.54) is 15.4 Å². The lowest BCUT2D eigenvalue weighted by Crippen LogP contribution is -2.35. The minimum atomic E-state index is 0.132. The molecule has 2 rings (SSSR count). The van der Waals surface area contributed by atoms with Crippen molar-refractivity contribution in [2.45, 2.75) is 42.6 Å². The average molecular weight is 350 g/mol. The molecule has 0 aliphatic carbocycles. The molecule has 1 N–H and O–H groups in total. The molecule has 0 spiro atoms. The number of halogens is 1. The van der Waals surface area contributed by atoms with E-state index >= 15 is 0 Å². The second-order valence-corrected chi connectivity index (χ2v) is 7.80. The van der Waals surface area contributed by atoms with E-state index in [-0.39, 0.29) is 5.54 Å². The molecule has 3 heteroatoms. The van der Waals surface area contributed by atoms with Gasteiger partial charge in [-0.25, -0.2) is 0 Å². The van der Waals surface area contributed by atoms with E-state index in [0.29, 0.717) is 0 Å². The molecular formula is C17H20BrNS. The van der Waals surface area contributed by atoms with Gasteiger partial charge < -0.3 is 5.32 Å². The van der Waals surface area contributed by atoms with Crippen LogP contribution in [0.15, 0.2) is 62.8 Å². The Kier molecular flexibility index (Phi) is 5.30. The van der Waals surface area contributed by atoms with Gasteiger partial charge in [0.05, 0.1) is 0 Å². The monoisotopic (exact) mass is 349 g/mol. The SMILES string of the molecule is CC(C)(C)NCc1ccccc1Sc1cccc(Br)c1. The van der Waals surface area contributed by atoms with Crippen LogP contribution in [-0.4, -0.2) is 5.54 Å². The Labute approximate surface area is 134 Å². The molecule has 2 aromatic carbocycles. The first kappa shape index (κ1) is 15.6. The van der Waals surface area contributed by atoms with Crippen LogP contribution in [0.2, 0.25) is 0 Å². The van der Waals surface area contributed by atoms with Crippen LogP contribution in [0.3, 0.4) is 0 Å². The Morgan fingerprint density at radius 2 is 1.80 bits per heavy atom. The van der Waals surface area contributed by atoms with Crippen LogP contribution in [0.25, 0.3) is 0 Å². The van der Waals surface area contributed by atoms with Crippen LogP contribution in [0.1, 0.15) is 26.3 Å². The van der Waals surface area contributed by atoms with Crippen molar-refractivity contribution in [2.75, 3.05) is 0 Å². The van der Waals surface area contributed by atoms with E-state index in [0.717, 1.165) is 11.0 Å². The first-order valence-corrected chi connectivity index (χ1v) is 8.31. The Hall–Kier alpha value is -0.770. The van der Waals surface area contributed by atoms with E-state index in [1.807, 2.05) is 11.8 Å². The molecular weight excluding hydrogens is 330 g/mol. The van der Waals surface area contributed by atoms with Crippen LogP contribution in [0.4, 0.5) is 0 Å². The van der Waals surface area contributed by atoms with Crippen LogP contribution in [0, 0.1) is 0 Å². The fourth-order valence-electron chi connectivity index (χ4n) is 1.77. The maximum atomic E-state index is 3.55. The molecule has 0 aromatic heterocycles. The number of benzene rings is 2. The molecule has 0 atom stereocenters. The van der Waals surface area contributed by atoms with Gasteiger partial charge in [-0.3, -0.25) is 0 Å². The van der Waals surface area contributed by atoms with Gasteiger partial charge in [0.2, 0.25) is 0 Å². The second kappa shape index (κ2) is 6.79. The first-order chi connectivity index (χ1) is 9.44. The van der Waals surface area contributed by atoms with Gasteiger partial charge in [0.25, 0.3) is 0 Å². The average Bonchev–Trinajstić information content (AvgIpc) is 2.37. The van der Waals surface area contributed by atoms with E-state index < -0.39 is 0 Å². The molecule has 0 radical (unpaired) electrons. The van der Waals surface area contributed by atoms with Crippen molar-refractivity contribution in [3.63, 3.8) is 0 Å². The lowest BCUT2D eigenvalue weighted by molar-refractivity contribution is 0.422. The molecule has 0 amide bonds. The van der Waals surface area contributed by atoms with Gasteiger partial charge in [-0.2, -0.15) is 0 Å². The third-order valence-electron chi connectivity index (χ3n) is 2.81. The van der Waals surface area contributed by atoms with Crippen molar-refractivity contribution in [3.05, 3.63) is 58.6 Å². The van der Waals surface area contributed by atoms with Gasteiger partial charge in [0.1, 0.15) is 0 Å². The molecule has 1 nitrogen and oxygen atoms in total. The highest BCUT2D eigenvalue weighted by Crippen LogP contribution is 2.32. The lowest BCUT2D eigenvalue weighted by Gasteiger charge is -2.21. The van der Waals surface area contributed by atoms with Crippen molar-refractivity contribution in [2.24, 2.45) is 0 Å². The smallest absolute Gasteiger partial charge is 0.0221 e. The van der Waals surface area contributed by atoms with Gasteiger partial charge in [-0.15, -0.1) is 0 Å². The normalized spacial score (nSPS) is 11.6. The van der Waals surface area contributed by atoms with Crippen molar-refractivity contribution in [1.29, 1.82) is 0 Å². The number of hydrogen-bond donors (Lipinski definition) is 1. The van der Waals surface area contributed by atoms with Crippen LogP contribution in [-0.2, 0) is 6.54 Å². The quantitative estimate of drug-likeness (QED) is 0.783. The summed E-state index contributed by atoms with van der Waals surface area (Å²) in [5.74, 6) is 0. The second-order valence-electron chi connectivity index (χ2n) is 5.77. The summed E-state index contributed by atoms with van der Waals surface area (Å²) in [6.07, 6.45) is 0. The molecule has 0 heterocycles. The third kappa shape index (κ3) is 4.97. The minimum absolute atomic E-state index is 0.132. The van der Waals surface area contributed by atoms with Crippen molar-refractivity contribution in [1.82, 2.24) is 5.32 Å². The summed E-state index contributed by atoms with van der Waals surface area (Å²) in [7, 11) is 0. The topological polar surface area (TPSA) is 12.0 Å². The number of rotatable bonds is 4. The maximum absolute atomic E-state index is 3.55. The Morgan fingerprint density at radius 1 is 1.05 bits per heavy atom. The summed E-state index contributed by atoms with van der Waals surface area (Å²) in [5, 5.41) is 3.55. The number of nitrogens with one attached hydrogen (secondary N) is 1. The minimum Gasteiger partial charge on any atom is -0.308 e. The molecule has 20 heavy (non-hydrogen) atoms.